The molecule has 0 spiro atoms. The van der Waals surface area contributed by atoms with Crippen molar-refractivity contribution in [3.63, 3.8) is 0 Å². The number of nitrogens with zero attached hydrogens (tertiary/aromatic N) is 1. The van der Waals surface area contributed by atoms with Gasteiger partial charge in [0.25, 0.3) is 0 Å². The molecule has 0 amide bonds. The first kappa shape index (κ1) is 7.71. The van der Waals surface area contributed by atoms with E-state index in [1.807, 2.05) is 0 Å². The van der Waals surface area contributed by atoms with Crippen LogP contribution in [0.15, 0.2) is 24.1 Å². The van der Waals surface area contributed by atoms with E-state index in [2.05, 4.69) is 37.9 Å². The second-order valence-electron chi connectivity index (χ2n) is 3.78. The Labute approximate surface area is 73.5 Å². The van der Waals surface area contributed by atoms with Crippen molar-refractivity contribution >= 4 is 0 Å². The van der Waals surface area contributed by atoms with E-state index in [1.54, 1.807) is 6.26 Å². The summed E-state index contributed by atoms with van der Waals surface area (Å²) in [5, 5.41) is 0. The third kappa shape index (κ3) is 0.942. The van der Waals surface area contributed by atoms with Gasteiger partial charge < -0.3 is 9.64 Å². The van der Waals surface area contributed by atoms with Crippen LogP contribution in [-0.4, -0.2) is 24.1 Å². The Balaban J connectivity index is 2.20. The second-order valence-corrected chi connectivity index (χ2v) is 3.78. The van der Waals surface area contributed by atoms with E-state index in [4.69, 9.17) is 4.74 Å². The van der Waals surface area contributed by atoms with E-state index < -0.39 is 0 Å². The maximum atomic E-state index is 5.43. The summed E-state index contributed by atoms with van der Waals surface area (Å²) in [7, 11) is 2.13. The van der Waals surface area contributed by atoms with E-state index in [1.165, 1.54) is 5.70 Å². The van der Waals surface area contributed by atoms with Crippen LogP contribution in [0.4, 0.5) is 0 Å². The Morgan fingerprint density at radius 2 is 2.25 bits per heavy atom. The molecule has 2 heterocycles. The molecule has 0 aromatic heterocycles. The van der Waals surface area contributed by atoms with Crippen LogP contribution in [-0.2, 0) is 4.74 Å². The highest BCUT2D eigenvalue weighted by Crippen LogP contribution is 2.31. The molecule has 0 fully saturated rings. The van der Waals surface area contributed by atoms with Gasteiger partial charge in [-0.15, -0.1) is 0 Å². The molecule has 12 heavy (non-hydrogen) atoms. The summed E-state index contributed by atoms with van der Waals surface area (Å²) in [5.74, 6) is 0.595. The number of likely N-dealkylation sites (N-methyl/N-ethyl adjacent to an activating group) is 1. The molecular weight excluding hydrogens is 150 g/mol. The van der Waals surface area contributed by atoms with Crippen LogP contribution in [0.3, 0.4) is 0 Å². The maximum absolute atomic E-state index is 5.43. The Hall–Kier alpha value is -0.920. The Morgan fingerprint density at radius 1 is 1.50 bits per heavy atom. The van der Waals surface area contributed by atoms with Crippen molar-refractivity contribution in [2.24, 2.45) is 5.92 Å². The van der Waals surface area contributed by atoms with E-state index in [9.17, 15) is 0 Å². The minimum Gasteiger partial charge on any atom is -0.492 e. The summed E-state index contributed by atoms with van der Waals surface area (Å²) in [4.78, 5) is 2.30. The lowest BCUT2D eigenvalue weighted by Crippen LogP contribution is -2.30. The summed E-state index contributed by atoms with van der Waals surface area (Å²) in [6, 6.07) is 0.447. The molecule has 0 aromatic carbocycles. The average Bonchev–Trinajstić information content (AvgIpc) is 2.53. The maximum Gasteiger partial charge on any atom is 0.142 e. The molecule has 2 unspecified atom stereocenters. The molecule has 0 aliphatic carbocycles. The highest BCUT2D eigenvalue weighted by atomic mass is 16.5. The lowest BCUT2D eigenvalue weighted by atomic mass is 10.1. The number of fused-ring (bicyclic) bond motifs is 1. The van der Waals surface area contributed by atoms with E-state index in [-0.39, 0.29) is 6.10 Å². The lowest BCUT2D eigenvalue weighted by molar-refractivity contribution is 0.172. The smallest absolute Gasteiger partial charge is 0.142 e. The zero-order valence-electron chi connectivity index (χ0n) is 7.82. The van der Waals surface area contributed by atoms with Crippen LogP contribution < -0.4 is 0 Å². The Bertz CT molecular complexity index is 242. The summed E-state index contributed by atoms with van der Waals surface area (Å²) < 4.78 is 5.43. The standard InChI is InChI=1S/C10H15NO/c1-7(2)9-6-10-8(11(9)3)4-5-12-10/h4-8,10H,1-3H3. The summed E-state index contributed by atoms with van der Waals surface area (Å²) >= 11 is 0. The molecule has 2 heteroatoms. The van der Waals surface area contributed by atoms with Crippen molar-refractivity contribution in [1.82, 2.24) is 4.90 Å². The van der Waals surface area contributed by atoms with Crippen LogP contribution in [0.1, 0.15) is 13.8 Å². The van der Waals surface area contributed by atoms with Crippen LogP contribution in [0.2, 0.25) is 0 Å². The van der Waals surface area contributed by atoms with Crippen LogP contribution in [0.25, 0.3) is 0 Å². The summed E-state index contributed by atoms with van der Waals surface area (Å²) in [6.07, 6.45) is 6.43. The van der Waals surface area contributed by atoms with E-state index >= 15 is 0 Å². The van der Waals surface area contributed by atoms with Gasteiger partial charge in [-0.25, -0.2) is 0 Å². The fourth-order valence-corrected chi connectivity index (χ4v) is 1.95. The molecular formula is C10H15NO. The number of rotatable bonds is 1. The van der Waals surface area contributed by atoms with E-state index in [0.717, 1.165) is 0 Å². The molecule has 2 rings (SSSR count). The molecule has 66 valence electrons. The average molecular weight is 165 g/mol. The van der Waals surface area contributed by atoms with Gasteiger partial charge in [-0.05, 0) is 18.1 Å². The predicted molar refractivity (Wildman–Crippen MR) is 48.5 cm³/mol. The van der Waals surface area contributed by atoms with Crippen molar-refractivity contribution in [2.75, 3.05) is 7.05 Å². The third-order valence-electron chi connectivity index (χ3n) is 2.63. The first-order valence-corrected chi connectivity index (χ1v) is 4.47. The molecule has 2 aliphatic rings. The number of hydrogen-bond donors (Lipinski definition) is 0. The normalized spacial score (nSPS) is 32.3. The number of allylic oxidation sites excluding steroid dienone is 1. The zero-order chi connectivity index (χ0) is 8.72. The molecule has 0 aromatic rings. The lowest BCUT2D eigenvalue weighted by Gasteiger charge is -2.24. The fourth-order valence-electron chi connectivity index (χ4n) is 1.95. The molecule has 0 N–H and O–H groups in total. The third-order valence-corrected chi connectivity index (χ3v) is 2.63. The Morgan fingerprint density at radius 3 is 2.83 bits per heavy atom. The van der Waals surface area contributed by atoms with Crippen LogP contribution >= 0.6 is 0 Å². The monoisotopic (exact) mass is 165 g/mol. The predicted octanol–water partition coefficient (Wildman–Crippen LogP) is 1.75. The molecule has 0 bridgehead atoms. The fraction of sp³-hybridized carbons (Fsp3) is 0.600. The minimum atomic E-state index is 0.271. The molecule has 0 saturated heterocycles. The van der Waals surface area contributed by atoms with Gasteiger partial charge in [-0.3, -0.25) is 0 Å². The minimum absolute atomic E-state index is 0.271. The van der Waals surface area contributed by atoms with Gasteiger partial charge >= 0.3 is 0 Å². The topological polar surface area (TPSA) is 12.5 Å². The first-order valence-electron chi connectivity index (χ1n) is 4.47. The van der Waals surface area contributed by atoms with Gasteiger partial charge in [0.2, 0.25) is 0 Å². The SMILES string of the molecule is CC(C)C1=CC2OC=CC2N1C. The van der Waals surface area contributed by atoms with Crippen molar-refractivity contribution in [3.8, 4) is 0 Å². The largest absolute Gasteiger partial charge is 0.492 e. The molecule has 2 atom stereocenters. The Kier molecular flexibility index (Phi) is 1.63. The van der Waals surface area contributed by atoms with Gasteiger partial charge in [-0.1, -0.05) is 13.8 Å². The van der Waals surface area contributed by atoms with Crippen LogP contribution in [0, 0.1) is 5.92 Å². The number of hydrogen-bond acceptors (Lipinski definition) is 2. The quantitative estimate of drug-likeness (QED) is 0.587. The molecule has 0 radical (unpaired) electrons. The van der Waals surface area contributed by atoms with E-state index in [0.29, 0.717) is 12.0 Å². The van der Waals surface area contributed by atoms with Gasteiger partial charge in [0.1, 0.15) is 6.10 Å². The van der Waals surface area contributed by atoms with Gasteiger partial charge in [0.15, 0.2) is 0 Å². The van der Waals surface area contributed by atoms with Gasteiger partial charge in [0, 0.05) is 12.7 Å². The van der Waals surface area contributed by atoms with Crippen molar-refractivity contribution in [2.45, 2.75) is 26.0 Å². The summed E-state index contributed by atoms with van der Waals surface area (Å²) in [6.45, 7) is 4.43. The number of ether oxygens (including phenoxy) is 1. The second kappa shape index (κ2) is 2.54. The van der Waals surface area contributed by atoms with Gasteiger partial charge in [-0.2, -0.15) is 0 Å². The molecule has 2 nitrogen and oxygen atoms in total. The highest BCUT2D eigenvalue weighted by Gasteiger charge is 2.34. The molecule has 2 aliphatic heterocycles. The van der Waals surface area contributed by atoms with Crippen molar-refractivity contribution < 1.29 is 4.74 Å². The zero-order valence-corrected chi connectivity index (χ0v) is 7.82. The van der Waals surface area contributed by atoms with Gasteiger partial charge in [0.05, 0.1) is 12.3 Å². The van der Waals surface area contributed by atoms with Crippen molar-refractivity contribution in [3.05, 3.63) is 24.1 Å². The first-order chi connectivity index (χ1) is 5.70. The van der Waals surface area contributed by atoms with Crippen LogP contribution in [0.5, 0.6) is 0 Å². The molecule has 0 saturated carbocycles. The summed E-state index contributed by atoms with van der Waals surface area (Å²) in [5.41, 5.74) is 1.40. The van der Waals surface area contributed by atoms with Crippen molar-refractivity contribution in [1.29, 1.82) is 0 Å². The highest BCUT2D eigenvalue weighted by molar-refractivity contribution is 5.24.